The van der Waals surface area contributed by atoms with Crippen LogP contribution >= 0.6 is 0 Å². The number of rotatable bonds is 1. The van der Waals surface area contributed by atoms with E-state index >= 15 is 0 Å². The molecule has 0 bridgehead atoms. The molecule has 2 N–H and O–H groups in total. The van der Waals surface area contributed by atoms with Gasteiger partial charge in [0.05, 0.1) is 0 Å². The lowest BCUT2D eigenvalue weighted by Crippen LogP contribution is -2.40. The van der Waals surface area contributed by atoms with Crippen LogP contribution in [0.5, 0.6) is 0 Å². The molecule has 1 rings (SSSR count). The SMILES string of the molecule is CC1=CN(C)C(B(O)O)O1. The summed E-state index contributed by atoms with van der Waals surface area (Å²) < 4.78 is 5.02. The predicted molar refractivity (Wildman–Crippen MR) is 36.6 cm³/mol. The summed E-state index contributed by atoms with van der Waals surface area (Å²) in [6, 6.07) is 0. The molecule has 0 fully saturated rings. The van der Waals surface area contributed by atoms with Crippen molar-refractivity contribution in [1.29, 1.82) is 0 Å². The molecular weight excluding hydrogens is 133 g/mol. The Morgan fingerprint density at radius 1 is 1.70 bits per heavy atom. The van der Waals surface area contributed by atoms with Gasteiger partial charge >= 0.3 is 7.12 Å². The highest BCUT2D eigenvalue weighted by molar-refractivity contribution is 6.42. The van der Waals surface area contributed by atoms with E-state index in [1.54, 1.807) is 25.1 Å². The molecule has 1 aliphatic rings. The lowest BCUT2D eigenvalue weighted by molar-refractivity contribution is 0.0921. The topological polar surface area (TPSA) is 52.9 Å². The highest BCUT2D eigenvalue weighted by atomic mass is 16.5. The number of allylic oxidation sites excluding steroid dienone is 1. The Morgan fingerprint density at radius 3 is 2.50 bits per heavy atom. The zero-order valence-electron chi connectivity index (χ0n) is 5.98. The van der Waals surface area contributed by atoms with Crippen molar-refractivity contribution in [2.24, 2.45) is 0 Å². The van der Waals surface area contributed by atoms with Gasteiger partial charge in [0.15, 0.2) is 0 Å². The first-order chi connectivity index (χ1) is 4.61. The maximum absolute atomic E-state index is 8.70. The van der Waals surface area contributed by atoms with Crippen LogP contribution in [0.25, 0.3) is 0 Å². The molecule has 1 unspecified atom stereocenters. The summed E-state index contributed by atoms with van der Waals surface area (Å²) in [7, 11) is 0.277. The number of hydrogen-bond donors (Lipinski definition) is 2. The van der Waals surface area contributed by atoms with E-state index in [1.165, 1.54) is 0 Å². The molecule has 0 saturated heterocycles. The van der Waals surface area contributed by atoms with Gasteiger partial charge in [0, 0.05) is 13.2 Å². The number of hydrogen-bond acceptors (Lipinski definition) is 4. The van der Waals surface area contributed by atoms with Crippen molar-refractivity contribution in [3.63, 3.8) is 0 Å². The number of ether oxygens (including phenoxy) is 1. The Bertz CT molecular complexity index is 159. The Balaban J connectivity index is 2.55. The van der Waals surface area contributed by atoms with E-state index in [2.05, 4.69) is 0 Å². The average molecular weight is 143 g/mol. The molecule has 0 aliphatic carbocycles. The third kappa shape index (κ3) is 1.25. The Kier molecular flexibility index (Phi) is 1.87. The molecule has 0 aromatic heterocycles. The van der Waals surface area contributed by atoms with Gasteiger partial charge in [0.1, 0.15) is 5.76 Å². The third-order valence-electron chi connectivity index (χ3n) is 1.35. The van der Waals surface area contributed by atoms with Gasteiger partial charge < -0.3 is 19.7 Å². The summed E-state index contributed by atoms with van der Waals surface area (Å²) in [4.78, 5) is 1.61. The molecule has 4 nitrogen and oxygen atoms in total. The second-order valence-corrected chi connectivity index (χ2v) is 2.33. The molecule has 1 atom stereocenters. The van der Waals surface area contributed by atoms with E-state index in [9.17, 15) is 0 Å². The summed E-state index contributed by atoms with van der Waals surface area (Å²) in [5, 5.41) is 17.4. The quantitative estimate of drug-likeness (QED) is 0.469. The summed E-state index contributed by atoms with van der Waals surface area (Å²) in [5.74, 6) is 0.695. The summed E-state index contributed by atoms with van der Waals surface area (Å²) in [6.07, 6.45) is 1.07. The van der Waals surface area contributed by atoms with Crippen molar-refractivity contribution >= 4 is 7.12 Å². The van der Waals surface area contributed by atoms with Gasteiger partial charge in [-0.15, -0.1) is 0 Å². The van der Waals surface area contributed by atoms with E-state index in [4.69, 9.17) is 14.8 Å². The fraction of sp³-hybridized carbons (Fsp3) is 0.600. The van der Waals surface area contributed by atoms with Gasteiger partial charge in [-0.05, 0) is 6.92 Å². The highest BCUT2D eigenvalue weighted by Crippen LogP contribution is 2.15. The first kappa shape index (κ1) is 7.43. The van der Waals surface area contributed by atoms with Crippen LogP contribution in [0.15, 0.2) is 12.0 Å². The average Bonchev–Trinajstić information content (AvgIpc) is 2.10. The molecule has 56 valence electrons. The van der Waals surface area contributed by atoms with Crippen molar-refractivity contribution in [3.8, 4) is 0 Å². The van der Waals surface area contributed by atoms with Gasteiger partial charge in [0.25, 0.3) is 0 Å². The van der Waals surface area contributed by atoms with Crippen LogP contribution < -0.4 is 0 Å². The maximum Gasteiger partial charge on any atom is 0.517 e. The minimum atomic E-state index is -1.45. The lowest BCUT2D eigenvalue weighted by atomic mass is 9.88. The zero-order chi connectivity index (χ0) is 7.72. The summed E-state index contributed by atoms with van der Waals surface area (Å²) in [6.45, 7) is 1.76. The second kappa shape index (κ2) is 2.52. The van der Waals surface area contributed by atoms with Crippen molar-refractivity contribution in [2.75, 3.05) is 7.05 Å². The van der Waals surface area contributed by atoms with Crippen LogP contribution in [-0.2, 0) is 4.74 Å². The molecular formula is C5H10BNO3. The first-order valence-electron chi connectivity index (χ1n) is 3.04. The Hall–Kier alpha value is -0.675. The minimum Gasteiger partial charge on any atom is -0.475 e. The summed E-state index contributed by atoms with van der Waals surface area (Å²) >= 11 is 0. The molecule has 5 heteroatoms. The second-order valence-electron chi connectivity index (χ2n) is 2.33. The third-order valence-corrected chi connectivity index (χ3v) is 1.35. The van der Waals surface area contributed by atoms with E-state index in [0.29, 0.717) is 5.76 Å². The van der Waals surface area contributed by atoms with Crippen molar-refractivity contribution in [2.45, 2.75) is 13.1 Å². The smallest absolute Gasteiger partial charge is 0.475 e. The van der Waals surface area contributed by atoms with Crippen molar-refractivity contribution in [1.82, 2.24) is 4.90 Å². The zero-order valence-corrected chi connectivity index (χ0v) is 5.98. The van der Waals surface area contributed by atoms with Crippen LogP contribution in [0.3, 0.4) is 0 Å². The standard InChI is InChI=1S/C5H10BNO3/c1-4-3-7(2)5(10-4)6(8)9/h3,5,8-9H,1-2H3. The molecule has 0 aromatic rings. The highest BCUT2D eigenvalue weighted by Gasteiger charge is 2.32. The van der Waals surface area contributed by atoms with Crippen molar-refractivity contribution in [3.05, 3.63) is 12.0 Å². The number of nitrogens with zero attached hydrogens (tertiary/aromatic N) is 1. The van der Waals surface area contributed by atoms with Gasteiger partial charge in [0.2, 0.25) is 6.13 Å². The molecule has 0 amide bonds. The van der Waals surface area contributed by atoms with E-state index in [-0.39, 0.29) is 0 Å². The van der Waals surface area contributed by atoms with Crippen LogP contribution in [0.2, 0.25) is 0 Å². The van der Waals surface area contributed by atoms with E-state index in [1.807, 2.05) is 0 Å². The van der Waals surface area contributed by atoms with Gasteiger partial charge in [-0.25, -0.2) is 0 Å². The lowest BCUT2D eigenvalue weighted by Gasteiger charge is -2.17. The Morgan fingerprint density at radius 2 is 2.30 bits per heavy atom. The van der Waals surface area contributed by atoms with E-state index in [0.717, 1.165) is 0 Å². The van der Waals surface area contributed by atoms with Gasteiger partial charge in [-0.2, -0.15) is 0 Å². The fourth-order valence-electron chi connectivity index (χ4n) is 0.935. The van der Waals surface area contributed by atoms with Crippen LogP contribution in [0.1, 0.15) is 6.92 Å². The summed E-state index contributed by atoms with van der Waals surface area (Å²) in [5.41, 5.74) is 0. The maximum atomic E-state index is 8.70. The molecule has 0 spiro atoms. The predicted octanol–water partition coefficient (Wildman–Crippen LogP) is -0.852. The molecule has 1 aliphatic heterocycles. The molecule has 1 heterocycles. The van der Waals surface area contributed by atoms with Crippen LogP contribution in [-0.4, -0.2) is 35.2 Å². The van der Waals surface area contributed by atoms with Gasteiger partial charge in [-0.3, -0.25) is 0 Å². The van der Waals surface area contributed by atoms with Crippen LogP contribution in [0.4, 0.5) is 0 Å². The Labute approximate surface area is 59.9 Å². The molecule has 10 heavy (non-hydrogen) atoms. The fourth-order valence-corrected chi connectivity index (χ4v) is 0.935. The van der Waals surface area contributed by atoms with Gasteiger partial charge in [-0.1, -0.05) is 0 Å². The largest absolute Gasteiger partial charge is 0.517 e. The normalized spacial score (nSPS) is 24.2. The molecule has 0 radical (unpaired) electrons. The molecule has 0 saturated carbocycles. The van der Waals surface area contributed by atoms with Crippen molar-refractivity contribution < 1.29 is 14.8 Å². The van der Waals surface area contributed by atoms with Crippen LogP contribution in [0, 0.1) is 0 Å². The monoisotopic (exact) mass is 143 g/mol. The molecule has 0 aromatic carbocycles. The van der Waals surface area contributed by atoms with E-state index < -0.39 is 13.2 Å². The minimum absolute atomic E-state index is 0.639. The first-order valence-corrected chi connectivity index (χ1v) is 3.04.